The third-order valence-corrected chi connectivity index (χ3v) is 10.4. The van der Waals surface area contributed by atoms with E-state index in [1.807, 2.05) is 13.8 Å². The molecule has 23 heteroatoms. The van der Waals surface area contributed by atoms with Crippen LogP contribution in [-0.4, -0.2) is 125 Å². The molecule has 2 rings (SSSR count). The van der Waals surface area contributed by atoms with Crippen molar-refractivity contribution in [3.05, 3.63) is 65.7 Å². The van der Waals surface area contributed by atoms with Gasteiger partial charge in [-0.05, 0) is 67.7 Å². The first-order chi connectivity index (χ1) is 32.0. The van der Waals surface area contributed by atoms with E-state index in [1.54, 1.807) is 44.2 Å². The third-order valence-electron chi connectivity index (χ3n) is 10.4. The van der Waals surface area contributed by atoms with Crippen molar-refractivity contribution < 1.29 is 53.4 Å². The molecule has 17 N–H and O–H groups in total. The molecular formula is C45H68N12O11. The number of carboxylic acid groups (broad SMARTS) is 1. The highest BCUT2D eigenvalue weighted by Gasteiger charge is 2.33. The predicted octanol–water partition coefficient (Wildman–Crippen LogP) is -2.34. The van der Waals surface area contributed by atoms with Crippen molar-refractivity contribution in [1.82, 2.24) is 37.2 Å². The number of primary amides is 1. The van der Waals surface area contributed by atoms with Gasteiger partial charge in [0.15, 0.2) is 5.96 Å². The summed E-state index contributed by atoms with van der Waals surface area (Å²) in [6, 6.07) is 5.46. The van der Waals surface area contributed by atoms with E-state index in [0.717, 1.165) is 0 Å². The fraction of sp³-hybridized carbons (Fsp3) is 0.511. The molecule has 0 aromatic heterocycles. The van der Waals surface area contributed by atoms with E-state index in [-0.39, 0.29) is 68.6 Å². The lowest BCUT2D eigenvalue weighted by Crippen LogP contribution is -2.60. The van der Waals surface area contributed by atoms with Gasteiger partial charge in [0.2, 0.25) is 47.3 Å². The number of guanidine groups is 1. The molecule has 2 aromatic carbocycles. The number of aliphatic carboxylic acids is 1. The van der Waals surface area contributed by atoms with Crippen LogP contribution in [0.4, 0.5) is 0 Å². The van der Waals surface area contributed by atoms with E-state index in [1.165, 1.54) is 31.2 Å². The van der Waals surface area contributed by atoms with Crippen molar-refractivity contribution >= 4 is 59.2 Å². The Morgan fingerprint density at radius 3 is 1.66 bits per heavy atom. The summed E-state index contributed by atoms with van der Waals surface area (Å²) in [6.07, 6.45) is -0.814. The number of aliphatic imine (C=N–C) groups is 1. The number of aromatic hydroxyl groups is 1. The lowest BCUT2D eigenvalue weighted by Gasteiger charge is -2.27. The zero-order valence-electron chi connectivity index (χ0n) is 39.1. The van der Waals surface area contributed by atoms with Crippen LogP contribution < -0.4 is 60.2 Å². The second-order valence-corrected chi connectivity index (χ2v) is 17.1. The number of carbonyl (C=O) groups is 9. The summed E-state index contributed by atoms with van der Waals surface area (Å²) in [5.74, 6) is -8.30. The Balaban J connectivity index is 2.39. The molecule has 0 saturated heterocycles. The minimum absolute atomic E-state index is 0.0268. The number of nitrogens with zero attached hydrogens (tertiary/aromatic N) is 1. The maximum Gasteiger partial charge on any atom is 0.303 e. The summed E-state index contributed by atoms with van der Waals surface area (Å²) in [5.41, 5.74) is 23.4. The van der Waals surface area contributed by atoms with E-state index in [0.29, 0.717) is 11.1 Å². The van der Waals surface area contributed by atoms with E-state index in [2.05, 4.69) is 42.2 Å². The highest BCUT2D eigenvalue weighted by atomic mass is 16.4. The smallest absolute Gasteiger partial charge is 0.303 e. The van der Waals surface area contributed by atoms with Gasteiger partial charge in [0.05, 0.1) is 12.6 Å². The van der Waals surface area contributed by atoms with Crippen LogP contribution in [0.1, 0.15) is 77.8 Å². The van der Waals surface area contributed by atoms with Gasteiger partial charge in [0.25, 0.3) is 0 Å². The van der Waals surface area contributed by atoms with Crippen LogP contribution in [0.2, 0.25) is 0 Å². The molecule has 374 valence electrons. The van der Waals surface area contributed by atoms with Crippen molar-refractivity contribution in [3.8, 4) is 5.75 Å². The van der Waals surface area contributed by atoms with Gasteiger partial charge in [-0.25, -0.2) is 0 Å². The van der Waals surface area contributed by atoms with Gasteiger partial charge in [-0.15, -0.1) is 0 Å². The number of nitrogens with one attached hydrogen (secondary N) is 7. The summed E-state index contributed by atoms with van der Waals surface area (Å²) >= 11 is 0. The van der Waals surface area contributed by atoms with Gasteiger partial charge < -0.3 is 70.4 Å². The molecule has 0 radical (unpaired) electrons. The van der Waals surface area contributed by atoms with Crippen LogP contribution in [0, 0.1) is 11.8 Å². The summed E-state index contributed by atoms with van der Waals surface area (Å²) in [7, 11) is 0. The quantitative estimate of drug-likeness (QED) is 0.0231. The lowest BCUT2D eigenvalue weighted by atomic mass is 10.0. The van der Waals surface area contributed by atoms with Crippen LogP contribution in [-0.2, 0) is 56.0 Å². The Hall–Kier alpha value is -7.30. The Kier molecular flexibility index (Phi) is 24.0. The number of hydrogen-bond donors (Lipinski definition) is 13. The minimum Gasteiger partial charge on any atom is -0.508 e. The van der Waals surface area contributed by atoms with Crippen LogP contribution in [0.5, 0.6) is 5.75 Å². The molecule has 8 amide bonds. The van der Waals surface area contributed by atoms with Crippen molar-refractivity contribution in [1.29, 1.82) is 0 Å². The molecule has 68 heavy (non-hydrogen) atoms. The second kappa shape index (κ2) is 28.7. The minimum atomic E-state index is -1.44. The average molecular weight is 953 g/mol. The molecule has 7 atom stereocenters. The molecule has 0 bridgehead atoms. The Bertz CT molecular complexity index is 2060. The first-order valence-electron chi connectivity index (χ1n) is 22.2. The highest BCUT2D eigenvalue weighted by Crippen LogP contribution is 2.13. The topological polar surface area (TPSA) is 395 Å². The van der Waals surface area contributed by atoms with E-state index >= 15 is 0 Å². The van der Waals surface area contributed by atoms with Crippen LogP contribution in [0.3, 0.4) is 0 Å². The first-order valence-corrected chi connectivity index (χ1v) is 22.2. The first kappa shape index (κ1) is 56.8. The van der Waals surface area contributed by atoms with Crippen LogP contribution in [0.25, 0.3) is 0 Å². The zero-order valence-corrected chi connectivity index (χ0v) is 39.1. The number of amides is 8. The summed E-state index contributed by atoms with van der Waals surface area (Å²) in [5, 5.41) is 37.0. The van der Waals surface area contributed by atoms with Crippen molar-refractivity contribution in [2.24, 2.45) is 39.8 Å². The number of phenols is 1. The van der Waals surface area contributed by atoms with E-state index < -0.39 is 108 Å². The molecule has 7 unspecified atom stereocenters. The summed E-state index contributed by atoms with van der Waals surface area (Å²) in [6.45, 7) is 7.85. The fourth-order valence-electron chi connectivity index (χ4n) is 6.49. The maximum absolute atomic E-state index is 14.1. The Morgan fingerprint density at radius 2 is 1.12 bits per heavy atom. The number of benzene rings is 2. The third kappa shape index (κ3) is 21.3. The number of carboxylic acids is 1. The lowest BCUT2D eigenvalue weighted by molar-refractivity contribution is -0.138. The summed E-state index contributed by atoms with van der Waals surface area (Å²) < 4.78 is 0. The normalized spacial score (nSPS) is 14.1. The SMILES string of the molecule is CC(C)CC(NC(=O)CNC(=O)C(Cc1ccccc1)NC(=O)C(C)NC(=O)C(Cc1ccc(O)cc1)NC(=O)C(CCCN=C(N)N)NC(=O)C(CCC(=O)O)NC(=O)C(N)C(C)C)C(N)=O. The van der Waals surface area contributed by atoms with Crippen LogP contribution in [0.15, 0.2) is 59.6 Å². The van der Waals surface area contributed by atoms with Crippen molar-refractivity contribution in [2.75, 3.05) is 13.1 Å². The molecule has 23 nitrogen and oxygen atoms in total. The molecule has 0 spiro atoms. The zero-order chi connectivity index (χ0) is 51.1. The van der Waals surface area contributed by atoms with E-state index in [4.69, 9.17) is 22.9 Å². The van der Waals surface area contributed by atoms with E-state index in [9.17, 15) is 53.4 Å². The second-order valence-electron chi connectivity index (χ2n) is 17.1. The molecule has 0 aliphatic rings. The standard InChI is InChI=1S/C45H68N12O11/c1-24(2)20-32(38(47)62)53-35(59)23-51-40(64)33(21-27-10-7-6-8-11-27)56-39(63)26(5)52-43(67)34(22-28-13-15-29(58)16-14-28)57-41(65)30(12-9-19-50-45(48)49)54-42(66)31(17-18-36(60)61)55-44(68)37(46)25(3)4/h6-8,10-11,13-16,24-26,30-34,37,58H,9,12,17-23,46H2,1-5H3,(H2,47,62)(H,51,64)(H,52,67)(H,53,59)(H,54,66)(H,55,68)(H,56,63)(H,57,65)(H,60,61)(H4,48,49,50). The molecule has 2 aromatic rings. The molecule has 0 saturated carbocycles. The predicted molar refractivity (Wildman–Crippen MR) is 250 cm³/mol. The number of phenolic OH excluding ortho intramolecular Hbond substituents is 1. The Labute approximate surface area is 395 Å². The monoisotopic (exact) mass is 953 g/mol. The molecule has 0 aliphatic carbocycles. The van der Waals surface area contributed by atoms with Gasteiger partial charge in [-0.3, -0.25) is 48.1 Å². The number of nitrogens with two attached hydrogens (primary N) is 4. The van der Waals surface area contributed by atoms with Crippen molar-refractivity contribution in [2.45, 2.75) is 122 Å². The maximum atomic E-state index is 14.1. The fourth-order valence-corrected chi connectivity index (χ4v) is 6.49. The molecule has 0 heterocycles. The molecular weight excluding hydrogens is 885 g/mol. The number of hydrogen-bond acceptors (Lipinski definition) is 12. The largest absolute Gasteiger partial charge is 0.508 e. The highest BCUT2D eigenvalue weighted by molar-refractivity contribution is 5.97. The molecule has 0 aliphatic heterocycles. The Morgan fingerprint density at radius 1 is 0.603 bits per heavy atom. The molecule has 0 fully saturated rings. The van der Waals surface area contributed by atoms with Gasteiger partial charge >= 0.3 is 5.97 Å². The average Bonchev–Trinajstić information content (AvgIpc) is 3.27. The van der Waals surface area contributed by atoms with Gasteiger partial charge in [-0.2, -0.15) is 0 Å². The van der Waals surface area contributed by atoms with Crippen molar-refractivity contribution in [3.63, 3.8) is 0 Å². The summed E-state index contributed by atoms with van der Waals surface area (Å²) in [4.78, 5) is 122. The van der Waals surface area contributed by atoms with Gasteiger partial charge in [-0.1, -0.05) is 70.2 Å². The number of carbonyl (C=O) groups excluding carboxylic acids is 8. The van der Waals surface area contributed by atoms with Gasteiger partial charge in [0.1, 0.15) is 42.0 Å². The number of rotatable bonds is 29. The van der Waals surface area contributed by atoms with Gasteiger partial charge in [0, 0.05) is 25.8 Å². The van der Waals surface area contributed by atoms with Crippen LogP contribution >= 0.6 is 0 Å².